The molecule has 8 rings (SSSR count). The molecule has 4 aliphatic rings. The standard InChI is InChI=1S/C30H34N8O2/c1-18(22-6-23(13-31-12-22)24-15-33-38(2)16-24)34-25-4-3-21-14-32-27(35-26(21)7-25)36-28(39)37-29-8-19-5-20(9-29)11-30(40,10-19)17-29/h3-4,6-7,12-16,18-20,34,40H,5,8-11,17H2,1-2H3,(H2,32,35,36,37,39). The zero-order chi connectivity index (χ0) is 27.5. The number of urea groups is 1. The molecule has 4 aromatic rings. The first-order chi connectivity index (χ1) is 19.2. The third kappa shape index (κ3) is 4.77. The van der Waals surface area contributed by atoms with E-state index in [9.17, 15) is 9.90 Å². The van der Waals surface area contributed by atoms with Crippen molar-refractivity contribution in [1.29, 1.82) is 0 Å². The van der Waals surface area contributed by atoms with Crippen LogP contribution in [0, 0.1) is 11.8 Å². The highest BCUT2D eigenvalue weighted by molar-refractivity contribution is 5.90. The van der Waals surface area contributed by atoms with Crippen LogP contribution in [0.4, 0.5) is 16.4 Å². The summed E-state index contributed by atoms with van der Waals surface area (Å²) in [5.41, 5.74) is 3.76. The number of carbonyl (C=O) groups is 1. The van der Waals surface area contributed by atoms with E-state index in [1.807, 2.05) is 50.0 Å². The molecule has 4 aliphatic carbocycles. The number of carbonyl (C=O) groups excluding carboxylic acids is 1. The van der Waals surface area contributed by atoms with Gasteiger partial charge in [-0.15, -0.1) is 0 Å². The van der Waals surface area contributed by atoms with Gasteiger partial charge in [0, 0.05) is 59.6 Å². The summed E-state index contributed by atoms with van der Waals surface area (Å²) in [5, 5.41) is 25.7. The molecule has 4 saturated carbocycles. The predicted molar refractivity (Wildman–Crippen MR) is 153 cm³/mol. The first kappa shape index (κ1) is 25.0. The fraction of sp³-hybridized carbons (Fsp3) is 0.433. The van der Waals surface area contributed by atoms with Crippen LogP contribution < -0.4 is 16.0 Å². The Morgan fingerprint density at radius 1 is 1.07 bits per heavy atom. The van der Waals surface area contributed by atoms with Crippen LogP contribution >= 0.6 is 0 Å². The maximum Gasteiger partial charge on any atom is 0.322 e. The van der Waals surface area contributed by atoms with Crippen LogP contribution in [0.5, 0.6) is 0 Å². The van der Waals surface area contributed by atoms with Gasteiger partial charge < -0.3 is 15.7 Å². The second-order valence-corrected chi connectivity index (χ2v) is 12.3. The summed E-state index contributed by atoms with van der Waals surface area (Å²) in [7, 11) is 1.90. The molecule has 0 aliphatic heterocycles. The van der Waals surface area contributed by atoms with E-state index in [1.54, 1.807) is 10.9 Å². The minimum atomic E-state index is -0.631. The molecule has 4 bridgehead atoms. The SMILES string of the molecule is CC(Nc1ccc2cnc(NC(=O)NC34CC5CC(CC(O)(C5)C3)C4)nc2c1)c1cncc(-c2cnn(C)c2)c1. The van der Waals surface area contributed by atoms with Crippen molar-refractivity contribution in [2.75, 3.05) is 10.6 Å². The first-order valence-electron chi connectivity index (χ1n) is 14.0. The summed E-state index contributed by atoms with van der Waals surface area (Å²) < 4.78 is 1.78. The molecule has 1 aromatic carbocycles. The van der Waals surface area contributed by atoms with E-state index in [-0.39, 0.29) is 23.6 Å². The van der Waals surface area contributed by atoms with Gasteiger partial charge in [0.05, 0.1) is 23.4 Å². The summed E-state index contributed by atoms with van der Waals surface area (Å²) in [5.74, 6) is 1.24. The van der Waals surface area contributed by atoms with Crippen molar-refractivity contribution in [3.8, 4) is 11.1 Å². The number of aromatic nitrogens is 5. The number of nitrogens with zero attached hydrogens (tertiary/aromatic N) is 5. The van der Waals surface area contributed by atoms with Crippen LogP contribution in [0.3, 0.4) is 0 Å². The molecular weight excluding hydrogens is 504 g/mol. The monoisotopic (exact) mass is 538 g/mol. The average molecular weight is 539 g/mol. The quantitative estimate of drug-likeness (QED) is 0.277. The van der Waals surface area contributed by atoms with Crippen molar-refractivity contribution in [3.63, 3.8) is 0 Å². The molecule has 3 unspecified atom stereocenters. The molecule has 3 heterocycles. The van der Waals surface area contributed by atoms with E-state index in [1.165, 1.54) is 6.42 Å². The summed E-state index contributed by atoms with van der Waals surface area (Å²) in [4.78, 5) is 26.5. The van der Waals surface area contributed by atoms with Crippen LogP contribution in [0.25, 0.3) is 22.0 Å². The lowest BCUT2D eigenvalue weighted by molar-refractivity contribution is -0.138. The van der Waals surface area contributed by atoms with Crippen molar-refractivity contribution < 1.29 is 9.90 Å². The first-order valence-corrected chi connectivity index (χ1v) is 14.0. The lowest BCUT2D eigenvalue weighted by Gasteiger charge is -2.60. The molecule has 10 heteroatoms. The third-order valence-electron chi connectivity index (χ3n) is 8.90. The highest BCUT2D eigenvalue weighted by Crippen LogP contribution is 2.57. The molecule has 40 heavy (non-hydrogen) atoms. The normalized spacial score (nSPS) is 27.5. The maximum atomic E-state index is 13.0. The highest BCUT2D eigenvalue weighted by atomic mass is 16.3. The number of aliphatic hydroxyl groups is 1. The largest absolute Gasteiger partial charge is 0.390 e. The zero-order valence-corrected chi connectivity index (χ0v) is 22.8. The number of hydrogen-bond donors (Lipinski definition) is 4. The molecule has 206 valence electrons. The maximum absolute atomic E-state index is 13.0. The molecule has 3 aromatic heterocycles. The Balaban J connectivity index is 1.04. The average Bonchev–Trinajstić information content (AvgIpc) is 3.33. The van der Waals surface area contributed by atoms with Crippen molar-refractivity contribution in [1.82, 2.24) is 30.0 Å². The van der Waals surface area contributed by atoms with Gasteiger partial charge in [-0.1, -0.05) is 0 Å². The number of aryl methyl sites for hydroxylation is 1. The molecule has 0 saturated heterocycles. The molecule has 3 atom stereocenters. The second kappa shape index (κ2) is 9.26. The number of fused-ring (bicyclic) bond motifs is 1. The van der Waals surface area contributed by atoms with E-state index < -0.39 is 5.60 Å². The third-order valence-corrected chi connectivity index (χ3v) is 8.90. The number of nitrogens with one attached hydrogen (secondary N) is 3. The van der Waals surface area contributed by atoms with Gasteiger partial charge in [0.25, 0.3) is 0 Å². The fourth-order valence-corrected chi connectivity index (χ4v) is 7.66. The van der Waals surface area contributed by atoms with Crippen LogP contribution in [-0.4, -0.2) is 47.0 Å². The Labute approximate surface area is 232 Å². The van der Waals surface area contributed by atoms with Gasteiger partial charge in [-0.05, 0) is 87.1 Å². The molecular formula is C30H34N8O2. The number of amides is 2. The van der Waals surface area contributed by atoms with E-state index >= 15 is 0 Å². The molecule has 2 amide bonds. The lowest BCUT2D eigenvalue weighted by Crippen LogP contribution is -2.65. The van der Waals surface area contributed by atoms with Crippen molar-refractivity contribution in [2.45, 2.75) is 62.6 Å². The Bertz CT molecular complexity index is 1590. The molecule has 0 radical (unpaired) electrons. The minimum Gasteiger partial charge on any atom is -0.390 e. The fourth-order valence-electron chi connectivity index (χ4n) is 7.66. The number of benzene rings is 1. The Kier molecular flexibility index (Phi) is 5.78. The van der Waals surface area contributed by atoms with Gasteiger partial charge >= 0.3 is 6.03 Å². The summed E-state index contributed by atoms with van der Waals surface area (Å²) in [6.45, 7) is 2.09. The topological polar surface area (TPSA) is 130 Å². The van der Waals surface area contributed by atoms with E-state index in [2.05, 4.69) is 49.0 Å². The van der Waals surface area contributed by atoms with E-state index in [0.717, 1.165) is 59.0 Å². The van der Waals surface area contributed by atoms with Crippen molar-refractivity contribution in [3.05, 3.63) is 60.8 Å². The number of pyridine rings is 1. The summed E-state index contributed by atoms with van der Waals surface area (Å²) >= 11 is 0. The van der Waals surface area contributed by atoms with E-state index in [0.29, 0.717) is 18.3 Å². The van der Waals surface area contributed by atoms with Crippen molar-refractivity contribution in [2.24, 2.45) is 18.9 Å². The number of hydrogen-bond acceptors (Lipinski definition) is 7. The molecule has 0 spiro atoms. The Hall–Kier alpha value is -4.05. The molecule has 4 fully saturated rings. The van der Waals surface area contributed by atoms with Crippen LogP contribution in [0.1, 0.15) is 57.1 Å². The van der Waals surface area contributed by atoms with E-state index in [4.69, 9.17) is 0 Å². The van der Waals surface area contributed by atoms with Crippen molar-refractivity contribution >= 4 is 28.6 Å². The Morgan fingerprint density at radius 3 is 2.65 bits per heavy atom. The van der Waals surface area contributed by atoms with Gasteiger partial charge in [0.15, 0.2) is 0 Å². The van der Waals surface area contributed by atoms with Crippen LogP contribution in [0.15, 0.2) is 55.2 Å². The van der Waals surface area contributed by atoms with Crippen LogP contribution in [0.2, 0.25) is 0 Å². The van der Waals surface area contributed by atoms with Gasteiger partial charge in [0.1, 0.15) is 0 Å². The van der Waals surface area contributed by atoms with Gasteiger partial charge in [-0.25, -0.2) is 14.8 Å². The van der Waals surface area contributed by atoms with Gasteiger partial charge in [-0.3, -0.25) is 15.0 Å². The van der Waals surface area contributed by atoms with Gasteiger partial charge in [-0.2, -0.15) is 5.10 Å². The smallest absolute Gasteiger partial charge is 0.322 e. The summed E-state index contributed by atoms with van der Waals surface area (Å²) in [6, 6.07) is 7.74. The second-order valence-electron chi connectivity index (χ2n) is 12.3. The number of anilines is 2. The predicted octanol–water partition coefficient (Wildman–Crippen LogP) is 4.80. The minimum absolute atomic E-state index is 0.00174. The Morgan fingerprint density at radius 2 is 1.90 bits per heavy atom. The number of rotatable bonds is 6. The zero-order valence-electron chi connectivity index (χ0n) is 22.8. The highest BCUT2D eigenvalue weighted by Gasteiger charge is 2.57. The molecule has 4 N–H and O–H groups in total. The molecule has 10 nitrogen and oxygen atoms in total. The summed E-state index contributed by atoms with van der Waals surface area (Å²) in [6.07, 6.45) is 14.6. The lowest BCUT2D eigenvalue weighted by atomic mass is 9.51. The van der Waals surface area contributed by atoms with Gasteiger partial charge in [0.2, 0.25) is 5.95 Å². The van der Waals surface area contributed by atoms with Crippen LogP contribution in [-0.2, 0) is 7.05 Å².